The van der Waals surface area contributed by atoms with Crippen molar-refractivity contribution >= 4 is 34.5 Å². The van der Waals surface area contributed by atoms with E-state index in [1.165, 1.54) is 0 Å². The molecule has 0 bridgehead atoms. The van der Waals surface area contributed by atoms with E-state index in [1.807, 2.05) is 0 Å². The van der Waals surface area contributed by atoms with Gasteiger partial charge in [0.05, 0.1) is 6.86 Å². The number of hydrogen-bond acceptors (Lipinski definition) is 2. The van der Waals surface area contributed by atoms with Crippen LogP contribution in [0.5, 0.6) is 0 Å². The maximum absolute atomic E-state index is 6.90. The molecule has 0 spiro atoms. The minimum Gasteiger partial charge on any atom is -0.231 e. The highest BCUT2D eigenvalue weighted by Crippen LogP contribution is 2.23. The topological polar surface area (TPSA) is 12.9 Å². The van der Waals surface area contributed by atoms with E-state index in [0.29, 0.717) is 4.34 Å². The molecule has 0 aromatic carbocycles. The second kappa shape index (κ2) is 1.99. The quantitative estimate of drug-likeness (QED) is 0.560. The van der Waals surface area contributed by atoms with Crippen molar-refractivity contribution in [2.24, 2.45) is 0 Å². The summed E-state index contributed by atoms with van der Waals surface area (Å²) in [6.45, 7) is 0. The monoisotopic (exact) mass is 154 g/mol. The van der Waals surface area contributed by atoms with Crippen LogP contribution in [0.15, 0.2) is 5.49 Å². The van der Waals surface area contributed by atoms with Crippen LogP contribution in [0.4, 0.5) is 0 Å². The van der Waals surface area contributed by atoms with E-state index in [0.717, 1.165) is 11.3 Å². The summed E-state index contributed by atoms with van der Waals surface area (Å²) >= 11 is 11.9. The van der Waals surface area contributed by atoms with Crippen LogP contribution in [0.1, 0.15) is 1.37 Å². The Balaban J connectivity index is 3.14. The van der Waals surface area contributed by atoms with Crippen molar-refractivity contribution in [3.05, 3.63) is 15.0 Å². The lowest BCUT2D eigenvalue weighted by molar-refractivity contribution is 1.42. The van der Waals surface area contributed by atoms with E-state index in [4.69, 9.17) is 24.6 Å². The third kappa shape index (κ3) is 1.06. The van der Waals surface area contributed by atoms with Crippen LogP contribution < -0.4 is 0 Å². The summed E-state index contributed by atoms with van der Waals surface area (Å²) in [5, 5.41) is 0.224. The van der Waals surface area contributed by atoms with Crippen molar-refractivity contribution < 1.29 is 1.37 Å². The number of aromatic nitrogens is 1. The Labute approximate surface area is 56.3 Å². The fourth-order valence-corrected chi connectivity index (χ4v) is 0.890. The van der Waals surface area contributed by atoms with Crippen molar-refractivity contribution in [3.8, 4) is 0 Å². The van der Waals surface area contributed by atoms with Crippen molar-refractivity contribution in [1.29, 1.82) is 0 Å². The summed E-state index contributed by atoms with van der Waals surface area (Å²) in [5.74, 6) is 0. The van der Waals surface area contributed by atoms with Gasteiger partial charge in [-0.2, -0.15) is 0 Å². The maximum atomic E-state index is 6.90. The predicted molar refractivity (Wildman–Crippen MR) is 32.1 cm³/mol. The van der Waals surface area contributed by atoms with Gasteiger partial charge in [0.2, 0.25) is 0 Å². The highest BCUT2D eigenvalue weighted by molar-refractivity contribution is 7.14. The average Bonchev–Trinajstić information content (AvgIpc) is 1.85. The zero-order valence-electron chi connectivity index (χ0n) is 4.11. The van der Waals surface area contributed by atoms with Gasteiger partial charge in [-0.1, -0.05) is 23.2 Å². The summed E-state index contributed by atoms with van der Waals surface area (Å²) in [7, 11) is 0. The number of rotatable bonds is 0. The van der Waals surface area contributed by atoms with Crippen molar-refractivity contribution in [1.82, 2.24) is 4.98 Å². The van der Waals surface area contributed by atoms with Gasteiger partial charge in [0.1, 0.15) is 4.34 Å². The SMILES string of the molecule is [2H]c1nc(Cl)c(Cl)s1. The maximum Gasteiger partial charge on any atom is 0.158 e. The van der Waals surface area contributed by atoms with Crippen LogP contribution in [-0.4, -0.2) is 4.98 Å². The Morgan fingerprint density at radius 3 is 2.71 bits per heavy atom. The number of thiazole rings is 1. The summed E-state index contributed by atoms with van der Waals surface area (Å²) in [6.07, 6.45) is 0. The zero-order chi connectivity index (χ0) is 6.15. The Morgan fingerprint density at radius 2 is 2.57 bits per heavy atom. The lowest BCUT2D eigenvalue weighted by Gasteiger charge is -1.71. The normalized spacial score (nSPS) is 11.4. The van der Waals surface area contributed by atoms with E-state index in [1.54, 1.807) is 0 Å². The molecule has 1 heterocycles. The average molecular weight is 155 g/mol. The molecule has 0 radical (unpaired) electrons. The first-order valence-electron chi connectivity index (χ1n) is 1.98. The molecule has 1 aromatic rings. The summed E-state index contributed by atoms with van der Waals surface area (Å²) in [4.78, 5) is 3.53. The smallest absolute Gasteiger partial charge is 0.158 e. The molecule has 4 heteroatoms. The molecule has 0 aliphatic carbocycles. The molecule has 0 aliphatic heterocycles. The molecule has 1 aromatic heterocycles. The van der Waals surface area contributed by atoms with Crippen molar-refractivity contribution in [3.63, 3.8) is 0 Å². The van der Waals surface area contributed by atoms with E-state index in [-0.39, 0.29) is 10.6 Å². The first-order valence-corrected chi connectivity index (χ1v) is 3.06. The third-order valence-corrected chi connectivity index (χ3v) is 1.89. The van der Waals surface area contributed by atoms with Crippen LogP contribution in [0.3, 0.4) is 0 Å². The molecule has 0 saturated carbocycles. The molecule has 0 unspecified atom stereocenters. The van der Waals surface area contributed by atoms with Gasteiger partial charge < -0.3 is 0 Å². The Hall–Kier alpha value is 0.210. The van der Waals surface area contributed by atoms with Gasteiger partial charge in [0, 0.05) is 0 Å². The highest BCUT2D eigenvalue weighted by atomic mass is 35.5. The highest BCUT2D eigenvalue weighted by Gasteiger charge is 1.94. The van der Waals surface area contributed by atoms with Crippen molar-refractivity contribution in [2.75, 3.05) is 0 Å². The molecule has 1 nitrogen and oxygen atoms in total. The second-order valence-electron chi connectivity index (χ2n) is 0.870. The number of halogens is 2. The lowest BCUT2D eigenvalue weighted by atomic mass is 11.0. The molecular formula is C3HCl2NS. The van der Waals surface area contributed by atoms with Gasteiger partial charge in [-0.25, -0.2) is 4.98 Å². The van der Waals surface area contributed by atoms with E-state index < -0.39 is 0 Å². The van der Waals surface area contributed by atoms with E-state index in [2.05, 4.69) is 4.98 Å². The second-order valence-corrected chi connectivity index (χ2v) is 2.62. The van der Waals surface area contributed by atoms with Gasteiger partial charge in [-0.05, 0) is 0 Å². The fraction of sp³-hybridized carbons (Fsp3) is 0. The molecular weight excluding hydrogens is 153 g/mol. The van der Waals surface area contributed by atoms with Gasteiger partial charge in [-0.3, -0.25) is 0 Å². The molecule has 38 valence electrons. The van der Waals surface area contributed by atoms with Crippen LogP contribution in [0.2, 0.25) is 9.49 Å². The first-order chi connectivity index (χ1) is 3.70. The van der Waals surface area contributed by atoms with Gasteiger partial charge in [0.25, 0.3) is 0 Å². The molecule has 1 rings (SSSR count). The fourth-order valence-electron chi connectivity index (χ4n) is 0.189. The molecule has 0 atom stereocenters. The van der Waals surface area contributed by atoms with E-state index in [9.17, 15) is 0 Å². The number of hydrogen-bond donors (Lipinski definition) is 0. The minimum atomic E-state index is 0.153. The summed E-state index contributed by atoms with van der Waals surface area (Å²) in [6, 6.07) is 0. The van der Waals surface area contributed by atoms with Crippen LogP contribution in [0.25, 0.3) is 0 Å². The largest absolute Gasteiger partial charge is 0.231 e. The van der Waals surface area contributed by atoms with Crippen LogP contribution >= 0.6 is 34.5 Å². The van der Waals surface area contributed by atoms with Crippen LogP contribution in [-0.2, 0) is 0 Å². The zero-order valence-corrected chi connectivity index (χ0v) is 5.44. The molecule has 0 aliphatic rings. The predicted octanol–water partition coefficient (Wildman–Crippen LogP) is 2.45. The number of nitrogens with zero attached hydrogens (tertiary/aromatic N) is 1. The summed E-state index contributed by atoms with van der Waals surface area (Å²) < 4.78 is 7.28. The molecule has 7 heavy (non-hydrogen) atoms. The van der Waals surface area contributed by atoms with E-state index >= 15 is 0 Å². The molecule has 0 N–H and O–H groups in total. The molecule has 0 fully saturated rings. The van der Waals surface area contributed by atoms with Gasteiger partial charge >= 0.3 is 0 Å². The standard InChI is InChI=1S/C3HCl2NS/c4-2-3(5)7-1-6-2/h1H/i1D. The molecule has 0 saturated heterocycles. The van der Waals surface area contributed by atoms with Crippen LogP contribution in [0, 0.1) is 0 Å². The summed E-state index contributed by atoms with van der Waals surface area (Å²) in [5.41, 5.74) is 0.153. The first kappa shape index (κ1) is 4.13. The minimum absolute atomic E-state index is 0.153. The molecule has 0 amide bonds. The Bertz CT molecular complexity index is 180. The third-order valence-electron chi connectivity index (χ3n) is 0.441. The van der Waals surface area contributed by atoms with Gasteiger partial charge in [-0.15, -0.1) is 11.3 Å². The Morgan fingerprint density at radius 1 is 1.86 bits per heavy atom. The van der Waals surface area contributed by atoms with Crippen molar-refractivity contribution in [2.45, 2.75) is 0 Å². The lowest BCUT2D eigenvalue weighted by Crippen LogP contribution is -1.53. The Kier molecular flexibility index (Phi) is 1.17. The van der Waals surface area contributed by atoms with Gasteiger partial charge in [0.15, 0.2) is 5.15 Å².